The van der Waals surface area contributed by atoms with Gasteiger partial charge in [-0.2, -0.15) is 0 Å². The van der Waals surface area contributed by atoms with Gasteiger partial charge in [-0.3, -0.25) is 9.79 Å². The smallest absolute Gasteiger partial charge is 0.326 e. The van der Waals surface area contributed by atoms with Gasteiger partial charge >= 0.3 is 5.97 Å². The molecule has 2 unspecified atom stereocenters. The summed E-state index contributed by atoms with van der Waals surface area (Å²) in [7, 11) is 1.67. The van der Waals surface area contributed by atoms with E-state index in [4.69, 9.17) is 16.2 Å². The summed E-state index contributed by atoms with van der Waals surface area (Å²) < 4.78 is 5.87. The zero-order valence-electron chi connectivity index (χ0n) is 25.7. The summed E-state index contributed by atoms with van der Waals surface area (Å²) in [4.78, 5) is 37.5. The zero-order chi connectivity index (χ0) is 31.7. The molecule has 0 radical (unpaired) electrons. The monoisotopic (exact) mass is 603 g/mol. The van der Waals surface area contributed by atoms with E-state index in [1.165, 1.54) is 25.7 Å². The van der Waals surface area contributed by atoms with Gasteiger partial charge < -0.3 is 31.9 Å². The molecule has 0 saturated heterocycles. The van der Waals surface area contributed by atoms with Crippen LogP contribution in [0.5, 0.6) is 5.75 Å². The third kappa shape index (κ3) is 11.3. The Bertz CT molecular complexity index is 1330. The van der Waals surface area contributed by atoms with Gasteiger partial charge in [0.05, 0.1) is 12.6 Å². The van der Waals surface area contributed by atoms with Crippen molar-refractivity contribution >= 4 is 17.8 Å². The highest BCUT2D eigenvalue weighted by atomic mass is 16.5. The second-order valence-corrected chi connectivity index (χ2v) is 10.7. The summed E-state index contributed by atoms with van der Waals surface area (Å²) in [6, 6.07) is 14.0. The molecule has 0 aliphatic carbocycles. The first-order valence-corrected chi connectivity index (χ1v) is 15.2. The Kier molecular flexibility index (Phi) is 14.1. The Hall–Kier alpha value is -4.51. The molecule has 1 amide bonds. The largest absolute Gasteiger partial charge is 0.494 e. The van der Waals surface area contributed by atoms with Crippen molar-refractivity contribution < 1.29 is 19.4 Å². The predicted molar refractivity (Wildman–Crippen MR) is 173 cm³/mol. The van der Waals surface area contributed by atoms with Gasteiger partial charge in [0.1, 0.15) is 11.8 Å². The number of benzene rings is 2. The standard InChI is InChI=1S/C33H45N7O4/c1-3-4-5-6-7-19-44-27-16-14-24(15-17-27)26-21-38-30(39-22-26)25-12-10-23(11-13-25)20-29(36-2)31(41)40-28(32(42)43)9-8-18-37-33(34)35/h10-17,21-22,28-29,36H,3-9,18-20H2,1-2H3,(H,40,41)(H,42,43)(H4,34,35,37). The number of carboxylic acid groups (broad SMARTS) is 1. The molecule has 11 nitrogen and oxygen atoms in total. The number of nitrogens with one attached hydrogen (secondary N) is 2. The van der Waals surface area contributed by atoms with Gasteiger partial charge in [-0.25, -0.2) is 14.8 Å². The van der Waals surface area contributed by atoms with Crippen LogP contribution in [0.15, 0.2) is 65.9 Å². The van der Waals surface area contributed by atoms with E-state index in [-0.39, 0.29) is 18.9 Å². The van der Waals surface area contributed by atoms with E-state index in [9.17, 15) is 14.7 Å². The molecule has 0 aliphatic rings. The minimum atomic E-state index is -1.11. The van der Waals surface area contributed by atoms with Crippen LogP contribution in [0.3, 0.4) is 0 Å². The lowest BCUT2D eigenvalue weighted by atomic mass is 10.0. The van der Waals surface area contributed by atoms with Crippen molar-refractivity contribution in [3.8, 4) is 28.3 Å². The van der Waals surface area contributed by atoms with Gasteiger partial charge in [-0.05, 0) is 56.0 Å². The van der Waals surface area contributed by atoms with Gasteiger partial charge in [-0.15, -0.1) is 0 Å². The Morgan fingerprint density at radius 3 is 2.16 bits per heavy atom. The molecule has 2 atom stereocenters. The van der Waals surface area contributed by atoms with Crippen LogP contribution in [0, 0.1) is 0 Å². The summed E-state index contributed by atoms with van der Waals surface area (Å²) in [5, 5.41) is 15.1. The topological polar surface area (TPSA) is 178 Å². The first-order valence-electron chi connectivity index (χ1n) is 15.2. The van der Waals surface area contributed by atoms with Gasteiger partial charge in [-0.1, -0.05) is 69.0 Å². The number of aromatic nitrogens is 2. The lowest BCUT2D eigenvalue weighted by molar-refractivity contribution is -0.142. The minimum Gasteiger partial charge on any atom is -0.494 e. The first kappa shape index (κ1) is 34.0. The lowest BCUT2D eigenvalue weighted by Crippen LogP contribution is -2.50. The predicted octanol–water partition coefficient (Wildman–Crippen LogP) is 3.91. The quantitative estimate of drug-likeness (QED) is 0.0772. The Morgan fingerprint density at radius 2 is 1.55 bits per heavy atom. The molecule has 0 aliphatic heterocycles. The van der Waals surface area contributed by atoms with E-state index in [2.05, 4.69) is 32.5 Å². The van der Waals surface area contributed by atoms with Gasteiger partial charge in [0.25, 0.3) is 0 Å². The zero-order valence-corrected chi connectivity index (χ0v) is 25.7. The number of aliphatic imine (C=N–C) groups is 1. The van der Waals surface area contributed by atoms with Crippen molar-refractivity contribution in [1.29, 1.82) is 0 Å². The fraction of sp³-hybridized carbons (Fsp3) is 0.424. The summed E-state index contributed by atoms with van der Waals surface area (Å²) >= 11 is 0. The lowest BCUT2D eigenvalue weighted by Gasteiger charge is -2.20. The molecular weight excluding hydrogens is 558 g/mol. The Morgan fingerprint density at radius 1 is 0.886 bits per heavy atom. The highest BCUT2D eigenvalue weighted by molar-refractivity contribution is 5.87. The van der Waals surface area contributed by atoms with Crippen LogP contribution in [-0.2, 0) is 16.0 Å². The number of carboxylic acids is 1. The molecular formula is C33H45N7O4. The average Bonchev–Trinajstić information content (AvgIpc) is 3.03. The van der Waals surface area contributed by atoms with Crippen molar-refractivity contribution in [2.45, 2.75) is 70.4 Å². The van der Waals surface area contributed by atoms with Crippen LogP contribution in [0.2, 0.25) is 0 Å². The number of carbonyl (C=O) groups is 2. The van der Waals surface area contributed by atoms with Crippen molar-refractivity contribution in [1.82, 2.24) is 20.6 Å². The molecule has 1 aromatic heterocycles. The van der Waals surface area contributed by atoms with Gasteiger partial charge in [0, 0.05) is 30.1 Å². The van der Waals surface area contributed by atoms with Crippen molar-refractivity contribution in [2.24, 2.45) is 16.5 Å². The number of hydrogen-bond donors (Lipinski definition) is 5. The van der Waals surface area contributed by atoms with Crippen LogP contribution in [0.1, 0.15) is 57.4 Å². The van der Waals surface area contributed by atoms with Crippen molar-refractivity contribution in [2.75, 3.05) is 20.2 Å². The Balaban J connectivity index is 1.53. The van der Waals surface area contributed by atoms with E-state index in [1.807, 2.05) is 48.5 Å². The van der Waals surface area contributed by atoms with E-state index in [0.717, 1.165) is 41.0 Å². The van der Waals surface area contributed by atoms with Crippen LogP contribution >= 0.6 is 0 Å². The number of rotatable bonds is 19. The number of unbranched alkanes of at least 4 members (excludes halogenated alkanes) is 4. The molecule has 2 aromatic carbocycles. The van der Waals surface area contributed by atoms with Crippen LogP contribution in [0.4, 0.5) is 0 Å². The maximum atomic E-state index is 12.8. The second-order valence-electron chi connectivity index (χ2n) is 10.7. The second kappa shape index (κ2) is 18.2. The molecule has 7 N–H and O–H groups in total. The van der Waals surface area contributed by atoms with E-state index in [0.29, 0.717) is 18.7 Å². The summed E-state index contributed by atoms with van der Waals surface area (Å²) in [5.41, 5.74) is 14.3. The number of carbonyl (C=O) groups excluding carboxylic acids is 1. The van der Waals surface area contributed by atoms with Gasteiger partial charge in [0.15, 0.2) is 11.8 Å². The third-order valence-corrected chi connectivity index (χ3v) is 7.23. The maximum Gasteiger partial charge on any atom is 0.326 e. The molecule has 236 valence electrons. The average molecular weight is 604 g/mol. The third-order valence-electron chi connectivity index (χ3n) is 7.23. The number of amides is 1. The van der Waals surface area contributed by atoms with Crippen molar-refractivity contribution in [3.05, 3.63) is 66.5 Å². The summed E-state index contributed by atoms with van der Waals surface area (Å²) in [5.74, 6) is -0.104. The van der Waals surface area contributed by atoms with E-state index >= 15 is 0 Å². The number of ether oxygens (including phenoxy) is 1. The number of guanidine groups is 1. The molecule has 11 heteroatoms. The molecule has 0 fully saturated rings. The summed E-state index contributed by atoms with van der Waals surface area (Å²) in [6.07, 6.45) is 10.7. The van der Waals surface area contributed by atoms with Gasteiger partial charge in [0.2, 0.25) is 5.91 Å². The number of aliphatic carboxylic acids is 1. The van der Waals surface area contributed by atoms with Crippen LogP contribution in [0.25, 0.3) is 22.5 Å². The molecule has 44 heavy (non-hydrogen) atoms. The fourth-order valence-corrected chi connectivity index (χ4v) is 4.65. The van der Waals surface area contributed by atoms with E-state index < -0.39 is 24.0 Å². The highest BCUT2D eigenvalue weighted by Gasteiger charge is 2.24. The molecule has 3 aromatic rings. The molecule has 3 rings (SSSR count). The van der Waals surface area contributed by atoms with Crippen LogP contribution < -0.4 is 26.8 Å². The molecule has 0 saturated carbocycles. The number of nitrogens with zero attached hydrogens (tertiary/aromatic N) is 3. The molecule has 0 spiro atoms. The molecule has 0 bridgehead atoms. The fourth-order valence-electron chi connectivity index (χ4n) is 4.65. The van der Waals surface area contributed by atoms with Crippen LogP contribution in [-0.4, -0.2) is 65.2 Å². The minimum absolute atomic E-state index is 0.0545. The highest BCUT2D eigenvalue weighted by Crippen LogP contribution is 2.23. The normalized spacial score (nSPS) is 12.2. The van der Waals surface area contributed by atoms with E-state index in [1.54, 1.807) is 19.4 Å². The number of likely N-dealkylation sites (N-methyl/N-ethyl adjacent to an activating group) is 1. The Labute approximate surface area is 259 Å². The first-order chi connectivity index (χ1) is 21.3. The van der Waals surface area contributed by atoms with Crippen molar-refractivity contribution in [3.63, 3.8) is 0 Å². The maximum absolute atomic E-state index is 12.8. The summed E-state index contributed by atoms with van der Waals surface area (Å²) in [6.45, 7) is 3.24. The molecule has 1 heterocycles. The number of nitrogens with two attached hydrogens (primary N) is 2. The SMILES string of the molecule is CCCCCCCOc1ccc(-c2cnc(-c3ccc(CC(NC)C(=O)NC(CCCN=C(N)N)C(=O)O)cc3)nc2)cc1. The number of hydrogen-bond acceptors (Lipinski definition) is 7.